The highest BCUT2D eigenvalue weighted by atomic mass is 32.2. The van der Waals surface area contributed by atoms with Gasteiger partial charge in [-0.2, -0.15) is 0 Å². The maximum absolute atomic E-state index is 12.9. The second kappa shape index (κ2) is 8.76. The van der Waals surface area contributed by atoms with E-state index in [1.165, 1.54) is 0 Å². The fourth-order valence-corrected chi connectivity index (χ4v) is 4.85. The zero-order chi connectivity index (χ0) is 21.0. The zero-order valence-corrected chi connectivity index (χ0v) is 17.4. The van der Waals surface area contributed by atoms with Crippen LogP contribution < -0.4 is 14.4 Å². The first-order chi connectivity index (χ1) is 14.6. The molecule has 1 aliphatic heterocycles. The first-order valence-electron chi connectivity index (χ1n) is 9.79. The van der Waals surface area contributed by atoms with Crippen LogP contribution in [0, 0.1) is 0 Å². The molecular formula is C21H23N5O3S. The fourth-order valence-electron chi connectivity index (χ4n) is 3.44. The van der Waals surface area contributed by atoms with E-state index in [1.54, 1.807) is 42.9 Å². The quantitative estimate of drug-likeness (QED) is 0.621. The predicted octanol–water partition coefficient (Wildman–Crippen LogP) is 2.49. The smallest absolute Gasteiger partial charge is 0.244 e. The van der Waals surface area contributed by atoms with Crippen LogP contribution in [0.5, 0.6) is 5.75 Å². The Labute approximate surface area is 176 Å². The molecule has 2 aromatic heterocycles. The summed E-state index contributed by atoms with van der Waals surface area (Å²) in [5.41, 5.74) is 1.69. The number of hydrogen-bond donors (Lipinski definition) is 1. The van der Waals surface area contributed by atoms with Gasteiger partial charge in [-0.15, -0.1) is 0 Å². The van der Waals surface area contributed by atoms with E-state index < -0.39 is 10.0 Å². The lowest BCUT2D eigenvalue weighted by molar-refractivity contribution is 0.331. The Morgan fingerprint density at radius 3 is 2.83 bits per heavy atom. The van der Waals surface area contributed by atoms with Gasteiger partial charge >= 0.3 is 0 Å². The molecule has 156 valence electrons. The summed E-state index contributed by atoms with van der Waals surface area (Å²) in [4.78, 5) is 15.3. The normalized spacial score (nSPS) is 16.6. The van der Waals surface area contributed by atoms with Crippen LogP contribution in [0.1, 0.15) is 13.3 Å². The minimum atomic E-state index is -3.70. The Morgan fingerprint density at radius 1 is 1.17 bits per heavy atom. The molecule has 1 N–H and O–H groups in total. The number of pyridine rings is 1. The Morgan fingerprint density at radius 2 is 2.03 bits per heavy atom. The molecule has 9 heteroatoms. The molecule has 0 aliphatic carbocycles. The predicted molar refractivity (Wildman–Crippen MR) is 114 cm³/mol. The van der Waals surface area contributed by atoms with Crippen molar-refractivity contribution in [3.05, 3.63) is 61.1 Å². The van der Waals surface area contributed by atoms with Crippen LogP contribution in [0.15, 0.2) is 66.0 Å². The van der Waals surface area contributed by atoms with E-state index in [4.69, 9.17) is 4.74 Å². The van der Waals surface area contributed by atoms with E-state index in [2.05, 4.69) is 19.7 Å². The molecule has 0 bridgehead atoms. The van der Waals surface area contributed by atoms with Gasteiger partial charge in [0.25, 0.3) is 0 Å². The summed E-state index contributed by atoms with van der Waals surface area (Å²) in [7, 11) is -3.70. The molecule has 8 nitrogen and oxygen atoms in total. The second-order valence-corrected chi connectivity index (χ2v) is 8.60. The van der Waals surface area contributed by atoms with Gasteiger partial charge in [0.1, 0.15) is 10.6 Å². The number of para-hydroxylation sites is 1. The standard InChI is InChI=1S/C21H23N5O3S/c1-2-29-19-7-3-4-8-20(19)30(27,28)25-17-10-13-26(15-17)21-23-12-9-18(24-21)16-6-5-11-22-14-16/h3-9,11-12,14,17,25H,2,10,13,15H2,1H3. The van der Waals surface area contributed by atoms with Crippen molar-refractivity contribution in [2.75, 3.05) is 24.6 Å². The van der Waals surface area contributed by atoms with Crippen LogP contribution in [0.2, 0.25) is 0 Å². The molecule has 0 radical (unpaired) electrons. The van der Waals surface area contributed by atoms with Gasteiger partial charge in [-0.25, -0.2) is 23.1 Å². The fraction of sp³-hybridized carbons (Fsp3) is 0.286. The van der Waals surface area contributed by atoms with Crippen molar-refractivity contribution in [2.24, 2.45) is 0 Å². The van der Waals surface area contributed by atoms with Gasteiger partial charge in [-0.05, 0) is 43.7 Å². The van der Waals surface area contributed by atoms with Gasteiger partial charge in [0.2, 0.25) is 16.0 Å². The molecule has 1 atom stereocenters. The van der Waals surface area contributed by atoms with Crippen LogP contribution >= 0.6 is 0 Å². The van der Waals surface area contributed by atoms with Gasteiger partial charge in [-0.3, -0.25) is 4.98 Å². The number of hydrogen-bond acceptors (Lipinski definition) is 7. The number of sulfonamides is 1. The maximum Gasteiger partial charge on any atom is 0.244 e. The molecule has 1 unspecified atom stereocenters. The summed E-state index contributed by atoms with van der Waals surface area (Å²) in [6.07, 6.45) is 5.84. The first kappa shape index (κ1) is 20.2. The Bertz CT molecular complexity index is 1110. The number of nitrogens with zero attached hydrogens (tertiary/aromatic N) is 4. The Balaban J connectivity index is 1.48. The molecule has 3 heterocycles. The summed E-state index contributed by atoms with van der Waals surface area (Å²) in [5.74, 6) is 0.933. The molecular weight excluding hydrogens is 402 g/mol. The van der Waals surface area contributed by atoms with Crippen LogP contribution in [-0.4, -0.2) is 49.1 Å². The molecule has 0 spiro atoms. The first-order valence-corrected chi connectivity index (χ1v) is 11.3. The summed E-state index contributed by atoms with van der Waals surface area (Å²) < 4.78 is 34.1. The number of aromatic nitrogens is 3. The summed E-state index contributed by atoms with van der Waals surface area (Å²) in [6, 6.07) is 12.1. The minimum absolute atomic E-state index is 0.153. The topological polar surface area (TPSA) is 97.3 Å². The van der Waals surface area contributed by atoms with E-state index in [-0.39, 0.29) is 10.9 Å². The van der Waals surface area contributed by atoms with Crippen LogP contribution in [-0.2, 0) is 10.0 Å². The number of nitrogens with one attached hydrogen (secondary N) is 1. The van der Waals surface area contributed by atoms with Crippen molar-refractivity contribution in [3.63, 3.8) is 0 Å². The van der Waals surface area contributed by atoms with Crippen LogP contribution in [0.3, 0.4) is 0 Å². The second-order valence-electron chi connectivity index (χ2n) is 6.92. The largest absolute Gasteiger partial charge is 0.492 e. The highest BCUT2D eigenvalue weighted by molar-refractivity contribution is 7.89. The molecule has 1 saturated heterocycles. The van der Waals surface area contributed by atoms with Crippen molar-refractivity contribution in [2.45, 2.75) is 24.3 Å². The molecule has 1 aromatic carbocycles. The van der Waals surface area contributed by atoms with Gasteiger partial charge in [0.05, 0.1) is 12.3 Å². The monoisotopic (exact) mass is 425 g/mol. The van der Waals surface area contributed by atoms with Crippen molar-refractivity contribution in [1.29, 1.82) is 0 Å². The zero-order valence-electron chi connectivity index (χ0n) is 16.6. The molecule has 1 fully saturated rings. The molecule has 3 aromatic rings. The highest BCUT2D eigenvalue weighted by Gasteiger charge is 2.30. The Hall–Kier alpha value is -3.04. The number of ether oxygens (including phenoxy) is 1. The summed E-state index contributed by atoms with van der Waals surface area (Å²) >= 11 is 0. The van der Waals surface area contributed by atoms with E-state index in [0.29, 0.717) is 37.8 Å². The number of benzene rings is 1. The minimum Gasteiger partial charge on any atom is -0.492 e. The van der Waals surface area contributed by atoms with Crippen LogP contribution in [0.4, 0.5) is 5.95 Å². The van der Waals surface area contributed by atoms with Crippen molar-refractivity contribution < 1.29 is 13.2 Å². The molecule has 0 amide bonds. The third kappa shape index (κ3) is 4.42. The lowest BCUT2D eigenvalue weighted by Gasteiger charge is -2.18. The molecule has 0 saturated carbocycles. The summed E-state index contributed by atoms with van der Waals surface area (Å²) in [6.45, 7) is 3.38. The van der Waals surface area contributed by atoms with Gasteiger partial charge in [-0.1, -0.05) is 12.1 Å². The number of rotatable bonds is 7. The van der Waals surface area contributed by atoms with Crippen LogP contribution in [0.25, 0.3) is 11.3 Å². The average molecular weight is 426 g/mol. The van der Waals surface area contributed by atoms with Gasteiger partial charge in [0.15, 0.2) is 0 Å². The molecule has 30 heavy (non-hydrogen) atoms. The summed E-state index contributed by atoms with van der Waals surface area (Å²) in [5, 5.41) is 0. The number of anilines is 1. The lowest BCUT2D eigenvalue weighted by Crippen LogP contribution is -2.37. The van der Waals surface area contributed by atoms with E-state index >= 15 is 0 Å². The molecule has 4 rings (SSSR count). The molecule has 1 aliphatic rings. The average Bonchev–Trinajstić information content (AvgIpc) is 3.23. The highest BCUT2D eigenvalue weighted by Crippen LogP contribution is 2.25. The van der Waals surface area contributed by atoms with Crippen molar-refractivity contribution in [3.8, 4) is 17.0 Å². The maximum atomic E-state index is 12.9. The van der Waals surface area contributed by atoms with Crippen molar-refractivity contribution in [1.82, 2.24) is 19.7 Å². The lowest BCUT2D eigenvalue weighted by atomic mass is 10.2. The van der Waals surface area contributed by atoms with Gasteiger partial charge in [0, 0.05) is 43.3 Å². The van der Waals surface area contributed by atoms with Crippen molar-refractivity contribution >= 4 is 16.0 Å². The van der Waals surface area contributed by atoms with Gasteiger partial charge < -0.3 is 9.64 Å². The third-order valence-corrected chi connectivity index (χ3v) is 6.39. The Kier molecular flexibility index (Phi) is 5.91. The SMILES string of the molecule is CCOc1ccccc1S(=O)(=O)NC1CCN(c2nccc(-c3cccnc3)n2)C1. The van der Waals surface area contributed by atoms with E-state index in [1.807, 2.05) is 30.0 Å². The van der Waals surface area contributed by atoms with E-state index in [9.17, 15) is 8.42 Å². The third-order valence-electron chi connectivity index (χ3n) is 4.83. The van der Waals surface area contributed by atoms with E-state index in [0.717, 1.165) is 11.3 Å².